The van der Waals surface area contributed by atoms with Crippen molar-refractivity contribution in [2.24, 2.45) is 5.41 Å². The van der Waals surface area contributed by atoms with Gasteiger partial charge in [0.25, 0.3) is 0 Å². The van der Waals surface area contributed by atoms with E-state index in [1.165, 1.54) is 5.56 Å². The zero-order valence-corrected chi connectivity index (χ0v) is 13.0. The number of hydrogen-bond donors (Lipinski definition) is 2. The normalized spacial score (nSPS) is 22.1. The molecule has 20 heavy (non-hydrogen) atoms. The standard InChI is InChI=1S/C15H22ClN3O/c1-15(14(20)18-3)7-8-19(10-15)13-11(9-17-2)5-4-6-12(13)16/h4-6,17H,7-10H2,1-3H3,(H,18,20). The van der Waals surface area contributed by atoms with Crippen LogP contribution in [0.2, 0.25) is 5.02 Å². The highest BCUT2D eigenvalue weighted by Gasteiger charge is 2.40. The zero-order valence-electron chi connectivity index (χ0n) is 12.3. The number of benzene rings is 1. The van der Waals surface area contributed by atoms with E-state index in [4.69, 9.17) is 11.6 Å². The summed E-state index contributed by atoms with van der Waals surface area (Å²) in [4.78, 5) is 14.3. The highest BCUT2D eigenvalue weighted by Crippen LogP contribution is 2.38. The lowest BCUT2D eigenvalue weighted by molar-refractivity contribution is -0.128. The van der Waals surface area contributed by atoms with Crippen LogP contribution in [0.1, 0.15) is 18.9 Å². The first-order valence-electron chi connectivity index (χ1n) is 6.91. The van der Waals surface area contributed by atoms with Crippen LogP contribution in [0.5, 0.6) is 0 Å². The van der Waals surface area contributed by atoms with E-state index in [0.29, 0.717) is 6.54 Å². The number of nitrogens with zero attached hydrogens (tertiary/aromatic N) is 1. The van der Waals surface area contributed by atoms with Gasteiger partial charge in [0.15, 0.2) is 0 Å². The van der Waals surface area contributed by atoms with Gasteiger partial charge in [0.05, 0.1) is 16.1 Å². The molecule has 1 atom stereocenters. The largest absolute Gasteiger partial charge is 0.369 e. The van der Waals surface area contributed by atoms with Gasteiger partial charge in [-0.15, -0.1) is 0 Å². The topological polar surface area (TPSA) is 44.4 Å². The number of para-hydroxylation sites is 1. The minimum Gasteiger partial charge on any atom is -0.369 e. The second-order valence-electron chi connectivity index (χ2n) is 5.59. The van der Waals surface area contributed by atoms with Gasteiger partial charge in [0.1, 0.15) is 0 Å². The number of carbonyl (C=O) groups is 1. The summed E-state index contributed by atoms with van der Waals surface area (Å²) in [7, 11) is 3.61. The Morgan fingerprint density at radius 3 is 2.85 bits per heavy atom. The molecule has 1 aliphatic heterocycles. The molecule has 5 heteroatoms. The lowest BCUT2D eigenvalue weighted by atomic mass is 9.89. The molecule has 0 aliphatic carbocycles. The molecule has 2 N–H and O–H groups in total. The lowest BCUT2D eigenvalue weighted by Gasteiger charge is -2.26. The molecule has 1 amide bonds. The van der Waals surface area contributed by atoms with E-state index in [9.17, 15) is 4.79 Å². The minimum atomic E-state index is -0.342. The summed E-state index contributed by atoms with van der Waals surface area (Å²) in [5.74, 6) is 0.0993. The Morgan fingerprint density at radius 2 is 2.20 bits per heavy atom. The Kier molecular flexibility index (Phi) is 4.55. The monoisotopic (exact) mass is 295 g/mol. The second-order valence-corrected chi connectivity index (χ2v) is 6.00. The quantitative estimate of drug-likeness (QED) is 0.893. The number of carbonyl (C=O) groups excluding carboxylic acids is 1. The van der Waals surface area contributed by atoms with E-state index in [1.807, 2.05) is 26.1 Å². The predicted molar refractivity (Wildman–Crippen MR) is 83.2 cm³/mol. The molecule has 2 rings (SSSR count). The van der Waals surface area contributed by atoms with Gasteiger partial charge < -0.3 is 15.5 Å². The Bertz CT molecular complexity index is 506. The zero-order chi connectivity index (χ0) is 14.8. The van der Waals surface area contributed by atoms with E-state index in [-0.39, 0.29) is 11.3 Å². The van der Waals surface area contributed by atoms with Crippen molar-refractivity contribution in [2.45, 2.75) is 19.9 Å². The van der Waals surface area contributed by atoms with Gasteiger partial charge in [0, 0.05) is 26.7 Å². The molecule has 0 bridgehead atoms. The van der Waals surface area contributed by atoms with Gasteiger partial charge in [0.2, 0.25) is 5.91 Å². The molecule has 0 aromatic heterocycles. The van der Waals surface area contributed by atoms with Crippen LogP contribution in [0.15, 0.2) is 18.2 Å². The molecular weight excluding hydrogens is 274 g/mol. The fraction of sp³-hybridized carbons (Fsp3) is 0.533. The molecule has 0 radical (unpaired) electrons. The lowest BCUT2D eigenvalue weighted by Crippen LogP contribution is -2.39. The van der Waals surface area contributed by atoms with E-state index < -0.39 is 0 Å². The number of anilines is 1. The van der Waals surface area contributed by atoms with Crippen molar-refractivity contribution in [1.82, 2.24) is 10.6 Å². The summed E-state index contributed by atoms with van der Waals surface area (Å²) in [6.07, 6.45) is 0.844. The molecular formula is C15H22ClN3O. The van der Waals surface area contributed by atoms with Crippen molar-refractivity contribution in [3.8, 4) is 0 Å². The molecule has 110 valence electrons. The van der Waals surface area contributed by atoms with Crippen LogP contribution in [0, 0.1) is 5.41 Å². The van der Waals surface area contributed by atoms with E-state index in [1.54, 1.807) is 7.05 Å². The molecule has 0 spiro atoms. The number of rotatable bonds is 4. The van der Waals surface area contributed by atoms with Crippen molar-refractivity contribution < 1.29 is 4.79 Å². The van der Waals surface area contributed by atoms with E-state index in [0.717, 1.165) is 30.2 Å². The second kappa shape index (κ2) is 6.02. The van der Waals surface area contributed by atoms with Crippen LogP contribution in [0.25, 0.3) is 0 Å². The molecule has 1 saturated heterocycles. The average Bonchev–Trinajstić information content (AvgIpc) is 2.82. The van der Waals surface area contributed by atoms with Gasteiger partial charge in [-0.3, -0.25) is 4.79 Å². The smallest absolute Gasteiger partial charge is 0.227 e. The summed E-state index contributed by atoms with van der Waals surface area (Å²) >= 11 is 6.38. The minimum absolute atomic E-state index is 0.0993. The van der Waals surface area contributed by atoms with Crippen molar-refractivity contribution in [1.29, 1.82) is 0 Å². The van der Waals surface area contributed by atoms with Crippen molar-refractivity contribution in [2.75, 3.05) is 32.1 Å². The molecule has 1 aromatic carbocycles. The third-order valence-electron chi connectivity index (χ3n) is 4.00. The Hall–Kier alpha value is -1.26. The summed E-state index contributed by atoms with van der Waals surface area (Å²) in [6, 6.07) is 5.95. The van der Waals surface area contributed by atoms with E-state index >= 15 is 0 Å². The molecule has 1 aromatic rings. The average molecular weight is 296 g/mol. The van der Waals surface area contributed by atoms with Crippen LogP contribution in [0.4, 0.5) is 5.69 Å². The van der Waals surface area contributed by atoms with Crippen molar-refractivity contribution >= 4 is 23.2 Å². The fourth-order valence-electron chi connectivity index (χ4n) is 2.89. The van der Waals surface area contributed by atoms with Gasteiger partial charge in [-0.05, 0) is 32.0 Å². The molecule has 1 heterocycles. The van der Waals surface area contributed by atoms with Crippen LogP contribution >= 0.6 is 11.6 Å². The van der Waals surface area contributed by atoms with E-state index in [2.05, 4.69) is 21.6 Å². The first-order valence-corrected chi connectivity index (χ1v) is 7.29. The highest BCUT2D eigenvalue weighted by atomic mass is 35.5. The summed E-state index contributed by atoms with van der Waals surface area (Å²) in [5.41, 5.74) is 1.88. The van der Waals surface area contributed by atoms with Gasteiger partial charge in [-0.25, -0.2) is 0 Å². The van der Waals surface area contributed by atoms with Gasteiger partial charge >= 0.3 is 0 Å². The van der Waals surface area contributed by atoms with Crippen LogP contribution in [-0.4, -0.2) is 33.1 Å². The number of hydrogen-bond acceptors (Lipinski definition) is 3. The fourth-order valence-corrected chi connectivity index (χ4v) is 3.20. The summed E-state index contributed by atoms with van der Waals surface area (Å²) in [5, 5.41) is 6.68. The molecule has 1 unspecified atom stereocenters. The number of nitrogens with one attached hydrogen (secondary N) is 2. The Morgan fingerprint density at radius 1 is 1.45 bits per heavy atom. The summed E-state index contributed by atoms with van der Waals surface area (Å²) in [6.45, 7) is 4.33. The van der Waals surface area contributed by atoms with Crippen LogP contribution in [0.3, 0.4) is 0 Å². The molecule has 1 fully saturated rings. The Labute approximate surface area is 125 Å². The van der Waals surface area contributed by atoms with Gasteiger partial charge in [-0.1, -0.05) is 23.7 Å². The highest BCUT2D eigenvalue weighted by molar-refractivity contribution is 6.33. The van der Waals surface area contributed by atoms with Crippen molar-refractivity contribution in [3.63, 3.8) is 0 Å². The maximum Gasteiger partial charge on any atom is 0.227 e. The SMILES string of the molecule is CNCc1cccc(Cl)c1N1CCC(C)(C(=O)NC)C1. The maximum absolute atomic E-state index is 12.0. The maximum atomic E-state index is 12.0. The summed E-state index contributed by atoms with van der Waals surface area (Å²) < 4.78 is 0. The van der Waals surface area contributed by atoms with Crippen LogP contribution < -0.4 is 15.5 Å². The number of amides is 1. The first-order chi connectivity index (χ1) is 9.51. The molecule has 1 aliphatic rings. The molecule has 4 nitrogen and oxygen atoms in total. The third-order valence-corrected chi connectivity index (χ3v) is 4.31. The van der Waals surface area contributed by atoms with Crippen LogP contribution in [-0.2, 0) is 11.3 Å². The number of halogens is 1. The van der Waals surface area contributed by atoms with Gasteiger partial charge in [-0.2, -0.15) is 0 Å². The first kappa shape index (κ1) is 15.1. The van der Waals surface area contributed by atoms with Crippen molar-refractivity contribution in [3.05, 3.63) is 28.8 Å². The predicted octanol–water partition coefficient (Wildman–Crippen LogP) is 2.02. The third kappa shape index (κ3) is 2.76. The molecule has 0 saturated carbocycles. The Balaban J connectivity index is 2.28.